The highest BCUT2D eigenvalue weighted by Crippen LogP contribution is 2.41. The fourth-order valence-electron chi connectivity index (χ4n) is 1.52. The Hall–Kier alpha value is -1.73. The van der Waals surface area contributed by atoms with Gasteiger partial charge < -0.3 is 4.74 Å². The van der Waals surface area contributed by atoms with Crippen LogP contribution in [-0.4, -0.2) is 10.7 Å². The molecule has 0 aliphatic heterocycles. The maximum atomic E-state index is 11.3. The van der Waals surface area contributed by atoms with Crippen molar-refractivity contribution in [1.82, 2.24) is 0 Å². The predicted molar refractivity (Wildman–Crippen MR) is 79.9 cm³/mol. The van der Waals surface area contributed by atoms with Crippen molar-refractivity contribution in [2.45, 2.75) is 13.8 Å². The number of aryl methyl sites for hydroxylation is 1. The lowest BCUT2D eigenvalue weighted by atomic mass is 10.2. The van der Waals surface area contributed by atoms with Gasteiger partial charge in [0.1, 0.15) is 5.75 Å². The summed E-state index contributed by atoms with van der Waals surface area (Å²) in [6.45, 7) is 3.21. The summed E-state index contributed by atoms with van der Waals surface area (Å²) in [5.41, 5.74) is 0.653. The van der Waals surface area contributed by atoms with Crippen LogP contribution in [0.15, 0.2) is 28.7 Å². The smallest absolute Gasteiger partial charge is 0.323 e. The van der Waals surface area contributed by atoms with Gasteiger partial charge in [-0.05, 0) is 31.5 Å². The Morgan fingerprint density at radius 1 is 1.40 bits per heavy atom. The van der Waals surface area contributed by atoms with E-state index in [0.717, 1.165) is 21.4 Å². The molecule has 1 aromatic carbocycles. The second kappa shape index (κ2) is 5.72. The molecule has 0 aliphatic rings. The lowest BCUT2D eigenvalue weighted by Gasteiger charge is -2.06. The van der Waals surface area contributed by atoms with Crippen molar-refractivity contribution in [3.8, 4) is 10.8 Å². The Balaban J connectivity index is 2.44. The molecule has 0 radical (unpaired) electrons. The van der Waals surface area contributed by atoms with Crippen molar-refractivity contribution in [2.75, 3.05) is 0 Å². The lowest BCUT2D eigenvalue weighted by molar-refractivity contribution is -0.385. The van der Waals surface area contributed by atoms with Crippen molar-refractivity contribution in [1.29, 1.82) is 0 Å². The third-order valence-corrected chi connectivity index (χ3v) is 4.17. The number of ether oxygens (including phenoxy) is 1. The molecule has 2 rings (SSSR count). The Labute approximate surface area is 127 Å². The largest absolute Gasteiger partial charge is 0.440 e. The first kappa shape index (κ1) is 14.7. The molecule has 104 valence electrons. The van der Waals surface area contributed by atoms with Gasteiger partial charge in [0.2, 0.25) is 0 Å². The van der Waals surface area contributed by atoms with Crippen LogP contribution >= 0.6 is 27.3 Å². The summed E-state index contributed by atoms with van der Waals surface area (Å²) >= 11 is 4.30. The summed E-state index contributed by atoms with van der Waals surface area (Å²) in [5, 5.41) is 11.1. The average Bonchev–Trinajstić information content (AvgIpc) is 2.78. The minimum absolute atomic E-state index is 0.112. The molecule has 20 heavy (non-hydrogen) atoms. The van der Waals surface area contributed by atoms with Crippen LogP contribution in [0.4, 0.5) is 5.69 Å². The molecule has 0 saturated heterocycles. The second-order valence-corrected chi connectivity index (χ2v) is 6.04. The molecule has 1 heterocycles. The zero-order valence-electron chi connectivity index (χ0n) is 10.7. The molecule has 0 N–H and O–H groups in total. The van der Waals surface area contributed by atoms with E-state index in [0.29, 0.717) is 10.6 Å². The van der Waals surface area contributed by atoms with E-state index in [4.69, 9.17) is 4.74 Å². The lowest BCUT2D eigenvalue weighted by Crippen LogP contribution is -1.91. The highest BCUT2D eigenvalue weighted by molar-refractivity contribution is 9.10. The van der Waals surface area contributed by atoms with Gasteiger partial charge in [-0.15, -0.1) is 0 Å². The van der Waals surface area contributed by atoms with Gasteiger partial charge in [0.25, 0.3) is 5.06 Å². The fourth-order valence-corrected chi connectivity index (χ4v) is 2.75. The Kier molecular flexibility index (Phi) is 4.20. The van der Waals surface area contributed by atoms with Gasteiger partial charge in [-0.25, -0.2) is 0 Å². The topological polar surface area (TPSA) is 69.4 Å². The van der Waals surface area contributed by atoms with Gasteiger partial charge in [0.05, 0.1) is 9.80 Å². The summed E-state index contributed by atoms with van der Waals surface area (Å²) in [6, 6.07) is 6.67. The molecule has 0 atom stereocenters. The first-order valence-electron chi connectivity index (χ1n) is 5.61. The number of benzene rings is 1. The monoisotopic (exact) mass is 355 g/mol. The minimum Gasteiger partial charge on any atom is -0.440 e. The molecule has 1 aromatic heterocycles. The number of halogens is 1. The van der Waals surface area contributed by atoms with E-state index >= 15 is 0 Å². The van der Waals surface area contributed by atoms with Crippen molar-refractivity contribution in [3.63, 3.8) is 0 Å². The minimum atomic E-state index is -0.550. The molecule has 0 fully saturated rings. The van der Waals surface area contributed by atoms with Gasteiger partial charge in [0, 0.05) is 10.5 Å². The highest BCUT2D eigenvalue weighted by atomic mass is 79.9. The number of thiophene rings is 1. The molecule has 0 amide bonds. The highest BCUT2D eigenvalue weighted by Gasteiger charge is 2.23. The Bertz CT molecular complexity index is 696. The van der Waals surface area contributed by atoms with E-state index in [1.165, 1.54) is 13.0 Å². The normalized spacial score (nSPS) is 10.3. The number of Topliss-reactive ketones (excluding diaryl/α,β-unsaturated/α-hetero) is 1. The van der Waals surface area contributed by atoms with E-state index in [1.54, 1.807) is 6.07 Å². The van der Waals surface area contributed by atoms with Crippen LogP contribution in [0.5, 0.6) is 10.8 Å². The van der Waals surface area contributed by atoms with E-state index in [2.05, 4.69) is 15.9 Å². The first-order chi connectivity index (χ1) is 9.38. The average molecular weight is 356 g/mol. The number of carbonyl (C=O) groups excluding carboxylic acids is 1. The van der Waals surface area contributed by atoms with Crippen LogP contribution in [0.1, 0.15) is 22.2 Å². The SMILES string of the molecule is CC(=O)c1cc([N+](=O)[O-])c(Oc2cc(Br)ccc2C)s1. The third kappa shape index (κ3) is 3.05. The number of nitrogens with zero attached hydrogens (tertiary/aromatic N) is 1. The van der Waals surface area contributed by atoms with E-state index in [9.17, 15) is 14.9 Å². The van der Waals surface area contributed by atoms with Crippen LogP contribution in [0.25, 0.3) is 0 Å². The molecule has 2 aromatic rings. The van der Waals surface area contributed by atoms with Gasteiger partial charge in [0.15, 0.2) is 5.78 Å². The van der Waals surface area contributed by atoms with E-state index in [1.807, 2.05) is 19.1 Å². The molecule has 0 bridgehead atoms. The van der Waals surface area contributed by atoms with Crippen LogP contribution in [0, 0.1) is 17.0 Å². The fraction of sp³-hybridized carbons (Fsp3) is 0.154. The summed E-state index contributed by atoms with van der Waals surface area (Å²) < 4.78 is 6.42. The van der Waals surface area contributed by atoms with Gasteiger partial charge in [-0.2, -0.15) is 0 Å². The van der Waals surface area contributed by atoms with Crippen LogP contribution < -0.4 is 4.74 Å². The maximum absolute atomic E-state index is 11.3. The molecular weight excluding hydrogens is 346 g/mol. The molecule has 7 heteroatoms. The van der Waals surface area contributed by atoms with E-state index < -0.39 is 4.92 Å². The number of ketones is 1. The summed E-state index contributed by atoms with van der Waals surface area (Å²) in [6.07, 6.45) is 0. The molecule has 5 nitrogen and oxygen atoms in total. The van der Waals surface area contributed by atoms with Crippen molar-refractivity contribution < 1.29 is 14.5 Å². The van der Waals surface area contributed by atoms with Crippen LogP contribution in [0.2, 0.25) is 0 Å². The Morgan fingerprint density at radius 2 is 2.10 bits per heavy atom. The second-order valence-electron chi connectivity index (χ2n) is 4.11. The zero-order valence-corrected chi connectivity index (χ0v) is 13.1. The standard InChI is InChI=1S/C13H10BrNO4S/c1-7-3-4-9(14)5-11(7)19-13-10(15(17)18)6-12(20-13)8(2)16/h3-6H,1-2H3. The third-order valence-electron chi connectivity index (χ3n) is 2.58. The number of hydrogen-bond donors (Lipinski definition) is 0. The maximum Gasteiger partial charge on any atom is 0.323 e. The summed E-state index contributed by atoms with van der Waals surface area (Å²) in [7, 11) is 0. The first-order valence-corrected chi connectivity index (χ1v) is 7.22. The Morgan fingerprint density at radius 3 is 2.70 bits per heavy atom. The molecular formula is C13H10BrNO4S. The van der Waals surface area contributed by atoms with Crippen LogP contribution in [0.3, 0.4) is 0 Å². The zero-order chi connectivity index (χ0) is 14.9. The summed E-state index contributed by atoms with van der Waals surface area (Å²) in [4.78, 5) is 22.1. The quantitative estimate of drug-likeness (QED) is 0.451. The van der Waals surface area contributed by atoms with Crippen LogP contribution in [-0.2, 0) is 0 Å². The van der Waals surface area contributed by atoms with E-state index in [-0.39, 0.29) is 16.5 Å². The van der Waals surface area contributed by atoms with Crippen molar-refractivity contribution in [2.24, 2.45) is 0 Å². The molecule has 0 spiro atoms. The molecule has 0 saturated carbocycles. The molecule has 0 unspecified atom stereocenters. The number of carbonyl (C=O) groups is 1. The van der Waals surface area contributed by atoms with Crippen molar-refractivity contribution >= 4 is 38.7 Å². The summed E-state index contributed by atoms with van der Waals surface area (Å²) in [5.74, 6) is 0.290. The number of nitro groups is 1. The van der Waals surface area contributed by atoms with Gasteiger partial charge in [-0.3, -0.25) is 14.9 Å². The predicted octanol–water partition coefficient (Wildman–Crippen LogP) is 4.72. The van der Waals surface area contributed by atoms with Gasteiger partial charge in [-0.1, -0.05) is 33.3 Å². The number of rotatable bonds is 4. The van der Waals surface area contributed by atoms with Crippen molar-refractivity contribution in [3.05, 3.63) is 49.3 Å². The van der Waals surface area contributed by atoms with Gasteiger partial charge >= 0.3 is 5.69 Å². The molecule has 0 aliphatic carbocycles. The number of hydrogen-bond acceptors (Lipinski definition) is 5.